The van der Waals surface area contributed by atoms with E-state index in [-0.39, 0.29) is 11.8 Å². The van der Waals surface area contributed by atoms with Crippen LogP contribution in [0.3, 0.4) is 0 Å². The van der Waals surface area contributed by atoms with Crippen LogP contribution in [0.4, 0.5) is 19.0 Å². The van der Waals surface area contributed by atoms with E-state index in [4.69, 9.17) is 9.47 Å². The lowest BCUT2D eigenvalue weighted by Crippen LogP contribution is -2.32. The van der Waals surface area contributed by atoms with E-state index >= 15 is 0 Å². The number of hydrogen-bond acceptors (Lipinski definition) is 9. The van der Waals surface area contributed by atoms with Gasteiger partial charge in [-0.1, -0.05) is 0 Å². The zero-order valence-corrected chi connectivity index (χ0v) is 18.5. The van der Waals surface area contributed by atoms with Gasteiger partial charge in [-0.15, -0.1) is 11.8 Å². The van der Waals surface area contributed by atoms with Crippen LogP contribution in [0.5, 0.6) is 0 Å². The molecular weight excluding hydrogens is 475 g/mol. The lowest BCUT2D eigenvalue weighted by atomic mass is 10.1. The molecule has 2 aliphatic heterocycles. The molecule has 0 amide bonds. The van der Waals surface area contributed by atoms with Gasteiger partial charge in [0.25, 0.3) is 0 Å². The number of aliphatic hydroxyl groups excluding tert-OH is 2. The first-order valence-corrected chi connectivity index (χ1v) is 11.6. The van der Waals surface area contributed by atoms with Gasteiger partial charge in [0.1, 0.15) is 18.5 Å². The minimum atomic E-state index is -4.40. The molecule has 0 unspecified atom stereocenters. The lowest BCUT2D eigenvalue weighted by molar-refractivity contribution is -0.137. The summed E-state index contributed by atoms with van der Waals surface area (Å²) in [6.45, 7) is 1.24. The number of ether oxygens (including phenoxy) is 2. The van der Waals surface area contributed by atoms with Crippen molar-refractivity contribution in [1.29, 1.82) is 0 Å². The molecule has 3 aromatic rings. The molecule has 0 radical (unpaired) electrons. The second-order valence-corrected chi connectivity index (χ2v) is 9.22. The number of halogens is 3. The summed E-state index contributed by atoms with van der Waals surface area (Å²) in [7, 11) is 0. The minimum Gasteiger partial charge on any atom is -0.387 e. The number of benzene rings is 1. The Morgan fingerprint density at radius 2 is 1.91 bits per heavy atom. The van der Waals surface area contributed by atoms with Crippen molar-refractivity contribution in [3.05, 3.63) is 42.5 Å². The predicted molar refractivity (Wildman–Crippen MR) is 116 cm³/mol. The molecule has 0 spiro atoms. The van der Waals surface area contributed by atoms with Crippen LogP contribution in [0.25, 0.3) is 11.2 Å². The van der Waals surface area contributed by atoms with Gasteiger partial charge in [0.15, 0.2) is 23.2 Å². The van der Waals surface area contributed by atoms with Gasteiger partial charge >= 0.3 is 6.18 Å². The highest BCUT2D eigenvalue weighted by atomic mass is 32.2. The number of rotatable bonds is 6. The summed E-state index contributed by atoms with van der Waals surface area (Å²) in [5, 5.41) is 24.5. The largest absolute Gasteiger partial charge is 0.416 e. The van der Waals surface area contributed by atoms with E-state index < -0.39 is 36.3 Å². The van der Waals surface area contributed by atoms with E-state index in [9.17, 15) is 23.4 Å². The van der Waals surface area contributed by atoms with Crippen molar-refractivity contribution in [2.45, 2.75) is 48.1 Å². The minimum absolute atomic E-state index is 0.116. The Kier molecular flexibility index (Phi) is 6.37. The first-order valence-electron chi connectivity index (χ1n) is 10.6. The van der Waals surface area contributed by atoms with Crippen LogP contribution in [0.15, 0.2) is 41.8 Å². The number of nitrogens with one attached hydrogen (secondary N) is 1. The molecule has 0 aliphatic carbocycles. The normalized spacial score (nSPS) is 27.5. The third-order valence-electron chi connectivity index (χ3n) is 5.84. The standard InChI is InChI=1S/C21H22F3N5O4S/c22-21(23,24)11-1-3-13(4-2-11)34-8-14-16(30)17(31)20(33-14)29-10-27-15-18(25-9-26-19(15)29)28-12-5-6-32-7-12/h1-4,9-10,12,14,16-17,20,30-31H,5-8H2,(H,25,26,28)/t12-,14-,16-,17-,20-/m1/s1. The van der Waals surface area contributed by atoms with Crippen LogP contribution >= 0.6 is 11.8 Å². The van der Waals surface area contributed by atoms with Crippen molar-refractivity contribution < 1.29 is 32.9 Å². The number of hydrogen-bond donors (Lipinski definition) is 3. The van der Waals surface area contributed by atoms with Gasteiger partial charge in [-0.2, -0.15) is 13.2 Å². The quantitative estimate of drug-likeness (QED) is 0.442. The predicted octanol–water partition coefficient (Wildman–Crippen LogP) is 2.46. The van der Waals surface area contributed by atoms with Gasteiger partial charge in [-0.05, 0) is 30.7 Å². The second-order valence-electron chi connectivity index (χ2n) is 8.13. The molecule has 0 bridgehead atoms. The lowest BCUT2D eigenvalue weighted by Gasteiger charge is -2.17. The summed E-state index contributed by atoms with van der Waals surface area (Å²) in [4.78, 5) is 13.5. The zero-order valence-electron chi connectivity index (χ0n) is 17.7. The van der Waals surface area contributed by atoms with Gasteiger partial charge in [0.2, 0.25) is 0 Å². The van der Waals surface area contributed by atoms with Crippen molar-refractivity contribution in [3.8, 4) is 0 Å². The zero-order chi connectivity index (χ0) is 23.9. The first kappa shape index (κ1) is 23.3. The topological polar surface area (TPSA) is 115 Å². The molecule has 2 aromatic heterocycles. The van der Waals surface area contributed by atoms with Crippen LogP contribution in [0.2, 0.25) is 0 Å². The third kappa shape index (κ3) is 4.58. The first-order chi connectivity index (χ1) is 16.3. The molecule has 2 fully saturated rings. The van der Waals surface area contributed by atoms with Gasteiger partial charge in [0.05, 0.1) is 30.6 Å². The molecule has 2 saturated heterocycles. The Morgan fingerprint density at radius 3 is 2.62 bits per heavy atom. The van der Waals surface area contributed by atoms with E-state index in [2.05, 4.69) is 20.3 Å². The molecule has 4 heterocycles. The van der Waals surface area contributed by atoms with E-state index in [0.717, 1.165) is 18.6 Å². The molecule has 2 aliphatic rings. The Labute approximate surface area is 196 Å². The highest BCUT2D eigenvalue weighted by molar-refractivity contribution is 7.99. The van der Waals surface area contributed by atoms with Gasteiger partial charge in [-0.3, -0.25) is 4.57 Å². The summed E-state index contributed by atoms with van der Waals surface area (Å²) in [6.07, 6.45) is -4.82. The van der Waals surface area contributed by atoms with Crippen molar-refractivity contribution in [3.63, 3.8) is 0 Å². The summed E-state index contributed by atoms with van der Waals surface area (Å²) in [6, 6.07) is 4.86. The number of thioether (sulfide) groups is 1. The maximum atomic E-state index is 12.7. The van der Waals surface area contributed by atoms with E-state index in [0.29, 0.717) is 35.1 Å². The summed E-state index contributed by atoms with van der Waals surface area (Å²) in [5.41, 5.74) is 0.207. The van der Waals surface area contributed by atoms with Crippen LogP contribution in [0.1, 0.15) is 18.2 Å². The summed E-state index contributed by atoms with van der Waals surface area (Å²) in [5.74, 6) is 0.776. The number of aliphatic hydroxyl groups is 2. The van der Waals surface area contributed by atoms with Crippen molar-refractivity contribution in [2.24, 2.45) is 0 Å². The highest BCUT2D eigenvalue weighted by Crippen LogP contribution is 2.36. The molecule has 1 aromatic carbocycles. The van der Waals surface area contributed by atoms with Gasteiger partial charge < -0.3 is 25.0 Å². The monoisotopic (exact) mass is 497 g/mol. The van der Waals surface area contributed by atoms with E-state index in [1.165, 1.54) is 36.5 Å². The number of alkyl halides is 3. The molecule has 182 valence electrons. The van der Waals surface area contributed by atoms with Crippen LogP contribution < -0.4 is 5.32 Å². The smallest absolute Gasteiger partial charge is 0.387 e. The fraction of sp³-hybridized carbons (Fsp3) is 0.476. The Morgan fingerprint density at radius 1 is 1.12 bits per heavy atom. The fourth-order valence-electron chi connectivity index (χ4n) is 4.00. The molecule has 9 nitrogen and oxygen atoms in total. The van der Waals surface area contributed by atoms with Crippen molar-refractivity contribution in [1.82, 2.24) is 19.5 Å². The highest BCUT2D eigenvalue weighted by Gasteiger charge is 2.44. The van der Waals surface area contributed by atoms with Gasteiger partial charge in [-0.25, -0.2) is 15.0 Å². The van der Waals surface area contributed by atoms with Crippen LogP contribution in [0, 0.1) is 0 Å². The Bertz CT molecular complexity index is 1140. The average Bonchev–Trinajstić information content (AvgIpc) is 3.54. The SMILES string of the molecule is O[C@@H]1[C@H](O)[C@@H](CSc2ccc(C(F)(F)F)cc2)O[C@H]1n1cnc2c(N[C@@H]3CCOC3)ncnc21. The van der Waals surface area contributed by atoms with Crippen LogP contribution in [-0.4, -0.2) is 73.1 Å². The number of fused-ring (bicyclic) bond motifs is 1. The molecule has 0 saturated carbocycles. The molecule has 3 N–H and O–H groups in total. The van der Waals surface area contributed by atoms with Crippen LogP contribution in [-0.2, 0) is 15.7 Å². The van der Waals surface area contributed by atoms with E-state index in [1.54, 1.807) is 4.57 Å². The number of nitrogens with zero attached hydrogens (tertiary/aromatic N) is 4. The Balaban J connectivity index is 1.29. The maximum Gasteiger partial charge on any atom is 0.416 e. The fourth-order valence-corrected chi connectivity index (χ4v) is 4.96. The molecule has 5 rings (SSSR count). The summed E-state index contributed by atoms with van der Waals surface area (Å²) < 4.78 is 51.1. The number of aromatic nitrogens is 4. The van der Waals surface area contributed by atoms with Crippen molar-refractivity contribution >= 4 is 28.7 Å². The van der Waals surface area contributed by atoms with Crippen molar-refractivity contribution in [2.75, 3.05) is 24.3 Å². The Hall–Kier alpha value is -2.45. The number of imidazole rings is 1. The maximum absolute atomic E-state index is 12.7. The molecule has 34 heavy (non-hydrogen) atoms. The molecular formula is C21H22F3N5O4S. The molecule has 13 heteroatoms. The average molecular weight is 497 g/mol. The third-order valence-corrected chi connectivity index (χ3v) is 6.94. The summed E-state index contributed by atoms with van der Waals surface area (Å²) >= 11 is 1.23. The van der Waals surface area contributed by atoms with E-state index in [1.807, 2.05) is 0 Å². The van der Waals surface area contributed by atoms with Gasteiger partial charge in [0, 0.05) is 17.3 Å². The molecule has 5 atom stereocenters. The number of anilines is 1. The second kappa shape index (κ2) is 9.30.